The minimum atomic E-state index is -1.37. The van der Waals surface area contributed by atoms with Gasteiger partial charge in [-0.3, -0.25) is 0 Å². The molecule has 3 heteroatoms. The first kappa shape index (κ1) is 15.5. The molecule has 0 spiro atoms. The SMILES string of the molecule is CCCCCOC=C(CCCCC)C(O)O. The molecule has 0 aliphatic heterocycles. The summed E-state index contributed by atoms with van der Waals surface area (Å²) in [7, 11) is 0. The molecule has 0 atom stereocenters. The van der Waals surface area contributed by atoms with E-state index >= 15 is 0 Å². The minimum absolute atomic E-state index is 0.588. The number of ether oxygens (including phenoxy) is 1. The lowest BCUT2D eigenvalue weighted by Gasteiger charge is -2.09. The van der Waals surface area contributed by atoms with Crippen LogP contribution in [0.4, 0.5) is 0 Å². The van der Waals surface area contributed by atoms with Crippen LogP contribution in [0.2, 0.25) is 0 Å². The molecule has 2 N–H and O–H groups in total. The van der Waals surface area contributed by atoms with Crippen molar-refractivity contribution < 1.29 is 14.9 Å². The van der Waals surface area contributed by atoms with Gasteiger partial charge in [-0.1, -0.05) is 39.5 Å². The summed E-state index contributed by atoms with van der Waals surface area (Å²) < 4.78 is 5.31. The van der Waals surface area contributed by atoms with Crippen LogP contribution < -0.4 is 0 Å². The molecule has 3 nitrogen and oxygen atoms in total. The summed E-state index contributed by atoms with van der Waals surface area (Å²) in [6.07, 6.45) is 7.43. The monoisotopic (exact) mass is 230 g/mol. The average Bonchev–Trinajstić information content (AvgIpc) is 2.26. The molecule has 0 aromatic carbocycles. The third kappa shape index (κ3) is 8.74. The predicted molar refractivity (Wildman–Crippen MR) is 65.9 cm³/mol. The molecule has 96 valence electrons. The number of aliphatic hydroxyl groups is 2. The van der Waals surface area contributed by atoms with Gasteiger partial charge in [0.1, 0.15) is 0 Å². The predicted octanol–water partition coefficient (Wildman–Crippen LogP) is 2.97. The molecule has 0 aliphatic rings. The van der Waals surface area contributed by atoms with Crippen LogP contribution in [0.3, 0.4) is 0 Å². The van der Waals surface area contributed by atoms with E-state index in [1.165, 1.54) is 12.7 Å². The Labute approximate surface area is 99.1 Å². The van der Waals surface area contributed by atoms with Gasteiger partial charge < -0.3 is 14.9 Å². The van der Waals surface area contributed by atoms with Crippen LogP contribution in [0, 0.1) is 0 Å². The highest BCUT2D eigenvalue weighted by Gasteiger charge is 2.06. The van der Waals surface area contributed by atoms with Gasteiger partial charge in [-0.15, -0.1) is 0 Å². The zero-order valence-corrected chi connectivity index (χ0v) is 10.6. The summed E-state index contributed by atoms with van der Waals surface area (Å²) in [5.74, 6) is 0. The van der Waals surface area contributed by atoms with E-state index in [1.54, 1.807) is 0 Å². The Hall–Kier alpha value is -0.540. The Balaban J connectivity index is 3.76. The van der Waals surface area contributed by atoms with Crippen LogP contribution in [-0.2, 0) is 4.74 Å². The fourth-order valence-corrected chi connectivity index (χ4v) is 1.43. The van der Waals surface area contributed by atoms with Gasteiger partial charge >= 0.3 is 0 Å². The highest BCUT2D eigenvalue weighted by atomic mass is 16.5. The van der Waals surface area contributed by atoms with Gasteiger partial charge in [0.25, 0.3) is 0 Å². The van der Waals surface area contributed by atoms with E-state index in [9.17, 15) is 0 Å². The first-order chi connectivity index (χ1) is 7.72. The second-order valence-corrected chi connectivity index (χ2v) is 4.10. The Morgan fingerprint density at radius 3 is 2.25 bits per heavy atom. The molecule has 0 unspecified atom stereocenters. The van der Waals surface area contributed by atoms with E-state index in [-0.39, 0.29) is 0 Å². The average molecular weight is 230 g/mol. The molecular weight excluding hydrogens is 204 g/mol. The van der Waals surface area contributed by atoms with Crippen molar-refractivity contribution in [3.8, 4) is 0 Å². The second kappa shape index (κ2) is 11.0. The van der Waals surface area contributed by atoms with Crippen LogP contribution >= 0.6 is 0 Å². The van der Waals surface area contributed by atoms with E-state index in [0.29, 0.717) is 18.6 Å². The smallest absolute Gasteiger partial charge is 0.177 e. The summed E-state index contributed by atoms with van der Waals surface area (Å²) in [6.45, 7) is 4.93. The molecular formula is C13H26O3. The molecule has 0 aromatic heterocycles. The summed E-state index contributed by atoms with van der Waals surface area (Å²) in [5.41, 5.74) is 0.588. The van der Waals surface area contributed by atoms with E-state index in [1.807, 2.05) is 0 Å². The summed E-state index contributed by atoms with van der Waals surface area (Å²) in [6, 6.07) is 0. The number of hydrogen-bond donors (Lipinski definition) is 2. The van der Waals surface area contributed by atoms with Crippen LogP contribution in [0.1, 0.15) is 58.8 Å². The summed E-state index contributed by atoms with van der Waals surface area (Å²) in [4.78, 5) is 0. The molecule has 0 amide bonds. The third-order valence-electron chi connectivity index (χ3n) is 2.50. The Bertz CT molecular complexity index is 176. The fourth-order valence-electron chi connectivity index (χ4n) is 1.43. The van der Waals surface area contributed by atoms with Crippen molar-refractivity contribution in [1.82, 2.24) is 0 Å². The maximum atomic E-state index is 9.12. The van der Waals surface area contributed by atoms with Gasteiger partial charge in [0.05, 0.1) is 12.9 Å². The van der Waals surface area contributed by atoms with E-state index in [4.69, 9.17) is 14.9 Å². The van der Waals surface area contributed by atoms with E-state index in [2.05, 4.69) is 13.8 Å². The third-order valence-corrected chi connectivity index (χ3v) is 2.50. The minimum Gasteiger partial charge on any atom is -0.501 e. The molecule has 16 heavy (non-hydrogen) atoms. The van der Waals surface area contributed by atoms with Crippen molar-refractivity contribution in [1.29, 1.82) is 0 Å². The molecule has 0 radical (unpaired) electrons. The van der Waals surface area contributed by atoms with Gasteiger partial charge in [0.2, 0.25) is 0 Å². The Kier molecular flexibility index (Phi) is 10.6. The largest absolute Gasteiger partial charge is 0.501 e. The van der Waals surface area contributed by atoms with Gasteiger partial charge in [-0.25, -0.2) is 0 Å². The fraction of sp³-hybridized carbons (Fsp3) is 0.846. The first-order valence-electron chi connectivity index (χ1n) is 6.39. The highest BCUT2D eigenvalue weighted by molar-refractivity contribution is 5.00. The lowest BCUT2D eigenvalue weighted by Crippen LogP contribution is -2.09. The molecule has 0 fully saturated rings. The van der Waals surface area contributed by atoms with Crippen LogP contribution in [0.5, 0.6) is 0 Å². The van der Waals surface area contributed by atoms with Crippen molar-refractivity contribution in [3.05, 3.63) is 11.8 Å². The lowest BCUT2D eigenvalue weighted by atomic mass is 10.1. The van der Waals surface area contributed by atoms with Crippen molar-refractivity contribution >= 4 is 0 Å². The number of aliphatic hydroxyl groups excluding tert-OH is 1. The number of unbranched alkanes of at least 4 members (excludes halogenated alkanes) is 4. The maximum absolute atomic E-state index is 9.12. The summed E-state index contributed by atoms with van der Waals surface area (Å²) >= 11 is 0. The second-order valence-electron chi connectivity index (χ2n) is 4.10. The van der Waals surface area contributed by atoms with Crippen molar-refractivity contribution in [2.75, 3.05) is 6.61 Å². The topological polar surface area (TPSA) is 49.7 Å². The van der Waals surface area contributed by atoms with Gasteiger partial charge in [-0.05, 0) is 19.3 Å². The lowest BCUT2D eigenvalue weighted by molar-refractivity contribution is -0.0133. The van der Waals surface area contributed by atoms with Crippen molar-refractivity contribution in [2.24, 2.45) is 0 Å². The Morgan fingerprint density at radius 1 is 1.06 bits per heavy atom. The van der Waals surface area contributed by atoms with Crippen molar-refractivity contribution in [3.63, 3.8) is 0 Å². The molecule has 0 bridgehead atoms. The normalized spacial score (nSPS) is 12.2. The van der Waals surface area contributed by atoms with E-state index in [0.717, 1.165) is 32.1 Å². The molecule has 0 aromatic rings. The quantitative estimate of drug-likeness (QED) is 0.344. The zero-order chi connectivity index (χ0) is 12.2. The van der Waals surface area contributed by atoms with Gasteiger partial charge in [0, 0.05) is 5.57 Å². The zero-order valence-electron chi connectivity index (χ0n) is 10.6. The van der Waals surface area contributed by atoms with Gasteiger partial charge in [0.15, 0.2) is 6.29 Å². The Morgan fingerprint density at radius 2 is 1.69 bits per heavy atom. The van der Waals surface area contributed by atoms with Gasteiger partial charge in [-0.2, -0.15) is 0 Å². The number of rotatable bonds is 10. The summed E-state index contributed by atoms with van der Waals surface area (Å²) in [5, 5.41) is 18.2. The standard InChI is InChI=1S/C13H26O3/c1-3-5-7-9-12(13(14)15)11-16-10-8-6-4-2/h11,13-15H,3-10H2,1-2H3. The molecule has 0 saturated heterocycles. The molecule has 0 aliphatic carbocycles. The van der Waals surface area contributed by atoms with Crippen LogP contribution in [-0.4, -0.2) is 23.1 Å². The van der Waals surface area contributed by atoms with Crippen LogP contribution in [0.15, 0.2) is 11.8 Å². The highest BCUT2D eigenvalue weighted by Crippen LogP contribution is 2.12. The molecule has 0 rings (SSSR count). The van der Waals surface area contributed by atoms with E-state index < -0.39 is 6.29 Å². The molecule has 0 saturated carbocycles. The first-order valence-corrected chi connectivity index (χ1v) is 6.39. The molecule has 0 heterocycles. The van der Waals surface area contributed by atoms with Crippen LogP contribution in [0.25, 0.3) is 0 Å². The number of hydrogen-bond acceptors (Lipinski definition) is 3. The van der Waals surface area contributed by atoms with Crippen molar-refractivity contribution in [2.45, 2.75) is 65.1 Å². The maximum Gasteiger partial charge on any atom is 0.177 e.